The van der Waals surface area contributed by atoms with Crippen molar-refractivity contribution in [1.82, 2.24) is 4.98 Å². The average molecular weight is 376 g/mol. The van der Waals surface area contributed by atoms with Crippen LogP contribution in [0.4, 0.5) is 5.13 Å². The molecule has 0 bridgehead atoms. The molecule has 0 spiro atoms. The molecule has 0 saturated heterocycles. The summed E-state index contributed by atoms with van der Waals surface area (Å²) in [7, 11) is -1.78. The minimum Gasteiger partial charge on any atom is -0.351 e. The SMILES string of the molecule is CN(CCc1ccc(Br)cc1)c1ncc(S(N)(=O)=O)s1. The fourth-order valence-electron chi connectivity index (χ4n) is 1.60. The van der Waals surface area contributed by atoms with Crippen LogP contribution < -0.4 is 10.0 Å². The normalized spacial score (nSPS) is 11.6. The van der Waals surface area contributed by atoms with E-state index in [2.05, 4.69) is 33.0 Å². The molecule has 0 aliphatic rings. The highest BCUT2D eigenvalue weighted by molar-refractivity contribution is 9.10. The number of nitrogens with two attached hydrogens (primary N) is 1. The van der Waals surface area contributed by atoms with Gasteiger partial charge in [0.05, 0.1) is 6.20 Å². The first-order valence-corrected chi connectivity index (χ1v) is 8.96. The largest absolute Gasteiger partial charge is 0.351 e. The first-order chi connectivity index (χ1) is 9.36. The number of aromatic nitrogens is 1. The number of primary sulfonamides is 1. The molecule has 2 N–H and O–H groups in total. The number of thiazole rings is 1. The first-order valence-electron chi connectivity index (χ1n) is 5.80. The molecule has 5 nitrogen and oxygen atoms in total. The average Bonchev–Trinajstić information content (AvgIpc) is 2.87. The summed E-state index contributed by atoms with van der Waals surface area (Å²) in [6, 6.07) is 8.10. The van der Waals surface area contributed by atoms with Crippen LogP contribution in [0.5, 0.6) is 0 Å². The van der Waals surface area contributed by atoms with E-state index in [0.717, 1.165) is 28.8 Å². The van der Waals surface area contributed by atoms with Crippen molar-refractivity contribution in [3.05, 3.63) is 40.5 Å². The highest BCUT2D eigenvalue weighted by Crippen LogP contribution is 2.24. The highest BCUT2D eigenvalue weighted by Gasteiger charge is 2.14. The summed E-state index contributed by atoms with van der Waals surface area (Å²) >= 11 is 4.48. The molecule has 0 saturated carbocycles. The predicted octanol–water partition coefficient (Wildman–Crippen LogP) is 2.23. The number of likely N-dealkylation sites (N-methyl/N-ethyl adjacent to an activating group) is 1. The van der Waals surface area contributed by atoms with Gasteiger partial charge in [0.1, 0.15) is 0 Å². The third kappa shape index (κ3) is 4.02. The molecule has 20 heavy (non-hydrogen) atoms. The highest BCUT2D eigenvalue weighted by atomic mass is 79.9. The van der Waals surface area contributed by atoms with E-state index in [1.54, 1.807) is 0 Å². The van der Waals surface area contributed by atoms with E-state index >= 15 is 0 Å². The molecule has 108 valence electrons. The summed E-state index contributed by atoms with van der Waals surface area (Å²) in [6.07, 6.45) is 2.15. The Morgan fingerprint density at radius 2 is 2.00 bits per heavy atom. The lowest BCUT2D eigenvalue weighted by Crippen LogP contribution is -2.19. The summed E-state index contributed by atoms with van der Waals surface area (Å²) in [5, 5.41) is 5.71. The Morgan fingerprint density at radius 1 is 1.35 bits per heavy atom. The quantitative estimate of drug-likeness (QED) is 0.868. The Bertz CT molecular complexity index is 683. The van der Waals surface area contributed by atoms with Crippen molar-refractivity contribution in [2.75, 3.05) is 18.5 Å². The number of halogens is 1. The minimum atomic E-state index is -3.66. The molecule has 2 aromatic rings. The molecule has 0 unspecified atom stereocenters. The van der Waals surface area contributed by atoms with Crippen LogP contribution in [0.15, 0.2) is 39.1 Å². The number of benzene rings is 1. The standard InChI is InChI=1S/C12H14BrN3O2S2/c1-16(7-6-9-2-4-10(13)5-3-9)12-15-8-11(19-12)20(14,17)18/h2-5,8H,6-7H2,1H3,(H2,14,17,18). The summed E-state index contributed by atoms with van der Waals surface area (Å²) in [5.74, 6) is 0. The Hall–Kier alpha value is -0.960. The second-order valence-corrected chi connectivity index (χ2v) is 8.02. The van der Waals surface area contributed by atoms with Crippen molar-refractivity contribution in [2.24, 2.45) is 5.14 Å². The summed E-state index contributed by atoms with van der Waals surface area (Å²) in [4.78, 5) is 6.00. The van der Waals surface area contributed by atoms with Gasteiger partial charge in [0.15, 0.2) is 9.34 Å². The van der Waals surface area contributed by atoms with Gasteiger partial charge in [-0.2, -0.15) is 0 Å². The molecule has 0 fully saturated rings. The Balaban J connectivity index is 2.00. The maximum Gasteiger partial charge on any atom is 0.249 e. The molecular weight excluding hydrogens is 362 g/mol. The second kappa shape index (κ2) is 6.21. The second-order valence-electron chi connectivity index (χ2n) is 4.30. The van der Waals surface area contributed by atoms with Gasteiger partial charge in [-0.3, -0.25) is 0 Å². The van der Waals surface area contributed by atoms with E-state index in [1.165, 1.54) is 11.8 Å². The molecular formula is C12H14BrN3O2S2. The molecule has 1 aromatic carbocycles. The van der Waals surface area contributed by atoms with Crippen molar-refractivity contribution in [3.8, 4) is 0 Å². The first kappa shape index (κ1) is 15.4. The fourth-order valence-corrected chi connectivity index (χ4v) is 3.39. The molecule has 8 heteroatoms. The zero-order valence-corrected chi connectivity index (χ0v) is 14.0. The van der Waals surface area contributed by atoms with Crippen LogP contribution >= 0.6 is 27.3 Å². The van der Waals surface area contributed by atoms with Gasteiger partial charge in [0, 0.05) is 18.1 Å². The van der Waals surface area contributed by atoms with E-state index < -0.39 is 10.0 Å². The predicted molar refractivity (Wildman–Crippen MR) is 84.6 cm³/mol. The number of hydrogen-bond donors (Lipinski definition) is 1. The van der Waals surface area contributed by atoms with Crippen LogP contribution in [0, 0.1) is 0 Å². The minimum absolute atomic E-state index is 0.0861. The number of hydrogen-bond acceptors (Lipinski definition) is 5. The van der Waals surface area contributed by atoms with Gasteiger partial charge in [-0.15, -0.1) is 0 Å². The van der Waals surface area contributed by atoms with Crippen molar-refractivity contribution < 1.29 is 8.42 Å². The van der Waals surface area contributed by atoms with Crippen LogP contribution in [0.25, 0.3) is 0 Å². The lowest BCUT2D eigenvalue weighted by atomic mass is 10.1. The zero-order valence-electron chi connectivity index (χ0n) is 10.8. The van der Waals surface area contributed by atoms with Gasteiger partial charge in [0.25, 0.3) is 0 Å². The van der Waals surface area contributed by atoms with E-state index in [-0.39, 0.29) is 4.21 Å². The third-order valence-corrected chi connectivity index (χ3v) is 5.78. The van der Waals surface area contributed by atoms with Crippen LogP contribution in [0.1, 0.15) is 5.56 Å². The van der Waals surface area contributed by atoms with Gasteiger partial charge in [0.2, 0.25) is 10.0 Å². The zero-order chi connectivity index (χ0) is 14.8. The van der Waals surface area contributed by atoms with Crippen molar-refractivity contribution in [1.29, 1.82) is 0 Å². The maximum absolute atomic E-state index is 11.2. The molecule has 1 aromatic heterocycles. The lowest BCUT2D eigenvalue weighted by molar-refractivity contribution is 0.599. The van der Waals surface area contributed by atoms with Crippen LogP contribution in [0.2, 0.25) is 0 Å². The monoisotopic (exact) mass is 375 g/mol. The van der Waals surface area contributed by atoms with Crippen molar-refractivity contribution in [3.63, 3.8) is 0 Å². The molecule has 0 aliphatic heterocycles. The molecule has 1 heterocycles. The summed E-state index contributed by atoms with van der Waals surface area (Å²) < 4.78 is 23.5. The van der Waals surface area contributed by atoms with Gasteiger partial charge in [-0.1, -0.05) is 39.4 Å². The van der Waals surface area contributed by atoms with Gasteiger partial charge in [-0.05, 0) is 24.1 Å². The third-order valence-electron chi connectivity index (χ3n) is 2.73. The van der Waals surface area contributed by atoms with Gasteiger partial charge < -0.3 is 4.90 Å². The van der Waals surface area contributed by atoms with Crippen LogP contribution in [-0.2, 0) is 16.4 Å². The smallest absolute Gasteiger partial charge is 0.249 e. The maximum atomic E-state index is 11.2. The van der Waals surface area contributed by atoms with Crippen molar-refractivity contribution >= 4 is 42.4 Å². The number of sulfonamides is 1. The Kier molecular flexibility index (Phi) is 4.79. The molecule has 2 rings (SSSR count). The van der Waals surface area contributed by atoms with E-state index in [9.17, 15) is 8.42 Å². The Labute approximate surface area is 130 Å². The van der Waals surface area contributed by atoms with Gasteiger partial charge in [-0.25, -0.2) is 18.5 Å². The summed E-state index contributed by atoms with van der Waals surface area (Å²) in [5.41, 5.74) is 1.21. The number of anilines is 1. The molecule has 0 amide bonds. The number of nitrogens with zero attached hydrogens (tertiary/aromatic N) is 2. The summed E-state index contributed by atoms with van der Waals surface area (Å²) in [6.45, 7) is 0.749. The van der Waals surface area contributed by atoms with Crippen LogP contribution in [0.3, 0.4) is 0 Å². The topological polar surface area (TPSA) is 76.3 Å². The number of rotatable bonds is 5. The fraction of sp³-hybridized carbons (Fsp3) is 0.250. The van der Waals surface area contributed by atoms with Crippen molar-refractivity contribution in [2.45, 2.75) is 10.6 Å². The molecule has 0 atom stereocenters. The van der Waals surface area contributed by atoms with E-state index in [1.807, 2.05) is 24.1 Å². The molecule has 0 aliphatic carbocycles. The van der Waals surface area contributed by atoms with E-state index in [0.29, 0.717) is 5.13 Å². The van der Waals surface area contributed by atoms with Crippen LogP contribution in [-0.4, -0.2) is 27.0 Å². The molecule has 0 radical (unpaired) electrons. The lowest BCUT2D eigenvalue weighted by Gasteiger charge is -2.15. The van der Waals surface area contributed by atoms with E-state index in [4.69, 9.17) is 5.14 Å². The van der Waals surface area contributed by atoms with Gasteiger partial charge >= 0.3 is 0 Å². The Morgan fingerprint density at radius 3 is 2.55 bits per heavy atom.